The maximum Gasteiger partial charge on any atom is 0.302 e. The van der Waals surface area contributed by atoms with Crippen LogP contribution >= 0.6 is 0 Å². The minimum atomic E-state index is -1.24. The average Bonchev–Trinajstić information content (AvgIpc) is 0.908. The number of aliphatic hydroxyl groups is 1. The van der Waals surface area contributed by atoms with Crippen LogP contribution in [0.25, 0.3) is 0 Å². The van der Waals surface area contributed by atoms with Crippen molar-refractivity contribution in [2.45, 2.75) is 235 Å². The molecule has 27 heteroatoms. The molecule has 7 amide bonds. The second kappa shape index (κ2) is 42.6. The average molecular weight is 1300 g/mol. The maximum atomic E-state index is 14.0. The Labute approximate surface area is 538 Å². The molecular weight excluding hydrogens is 1190 g/mol. The molecule has 522 valence electrons. The summed E-state index contributed by atoms with van der Waals surface area (Å²) in [6.45, 7) is 24.3. The fourth-order valence-corrected chi connectivity index (χ4v) is 11.4. The minimum Gasteiger partial charge on any atom is -0.463 e. The van der Waals surface area contributed by atoms with E-state index in [1.807, 2.05) is 41.5 Å². The molecule has 91 heavy (non-hydrogen) atoms. The normalized spacial score (nSPS) is 26.6. The predicted molar refractivity (Wildman–Crippen MR) is 332 cm³/mol. The third kappa shape index (κ3) is 29.5. The van der Waals surface area contributed by atoms with Crippen molar-refractivity contribution >= 4 is 59.3 Å². The highest BCUT2D eigenvalue weighted by atomic mass is 16.7. The lowest BCUT2D eigenvalue weighted by molar-refractivity contribution is -0.244. The van der Waals surface area contributed by atoms with E-state index >= 15 is 0 Å². The molecule has 3 rings (SSSR count). The number of carbonyl (C=O) groups is 10. The number of unbranched alkanes of at least 4 members (excludes halogenated alkanes) is 3. The van der Waals surface area contributed by atoms with Gasteiger partial charge in [0.1, 0.15) is 25.9 Å². The van der Waals surface area contributed by atoms with Crippen molar-refractivity contribution in [3.05, 3.63) is 0 Å². The van der Waals surface area contributed by atoms with Gasteiger partial charge in [0.2, 0.25) is 35.4 Å². The number of esters is 3. The third-order valence-corrected chi connectivity index (χ3v) is 17.5. The first-order valence-corrected chi connectivity index (χ1v) is 33.0. The first kappa shape index (κ1) is 79.7. The number of ether oxygens (including phenoxy) is 9. The van der Waals surface area contributed by atoms with Crippen LogP contribution in [0.15, 0.2) is 0 Å². The zero-order chi connectivity index (χ0) is 67.7. The number of hydrogen-bond acceptors (Lipinski definition) is 20. The number of carbonyl (C=O) groups excluding carboxylic acids is 10. The highest BCUT2D eigenvalue weighted by Gasteiger charge is 2.46. The zero-order valence-electron chi connectivity index (χ0n) is 56.5. The van der Waals surface area contributed by atoms with Gasteiger partial charge in [-0.05, 0) is 99.7 Å². The summed E-state index contributed by atoms with van der Waals surface area (Å²) >= 11 is 0. The molecule has 3 saturated heterocycles. The largest absolute Gasteiger partial charge is 0.463 e. The van der Waals surface area contributed by atoms with E-state index in [1.165, 1.54) is 41.5 Å². The van der Waals surface area contributed by atoms with Crippen LogP contribution in [0.2, 0.25) is 0 Å². The standard InChI is InChI=1S/C64H111N7O20/c1-14-51(78)61(82)71(30-22-28-66-56(80)25-16-19-34-84-63-59(68-46(9)73)43(6)40(3)53(90-63)37-87-49(12)76)32-23-31-70(57(81)26-17-20-35-85-64-60(69-47(10)74)44(7)41(4)54(91-64)38-88-50(13)77)29-21-27-65-55(79)24-15-18-33-83-62-58(67-45(8)72)42(5)39(2)52(89-62)36-86-48(11)75/h39-44,51-54,58-60,62-64,78H,14-38H2,1-13H3,(H,65,79)(H,66,80)(H,67,72)(H,68,73)(H,69,74). The van der Waals surface area contributed by atoms with E-state index in [1.54, 1.807) is 16.7 Å². The predicted octanol–water partition coefficient (Wildman–Crippen LogP) is 3.57. The van der Waals surface area contributed by atoms with Gasteiger partial charge in [-0.1, -0.05) is 48.5 Å². The van der Waals surface area contributed by atoms with Crippen LogP contribution in [0.5, 0.6) is 0 Å². The first-order valence-electron chi connectivity index (χ1n) is 33.0. The van der Waals surface area contributed by atoms with Gasteiger partial charge in [0.05, 0.1) is 36.4 Å². The maximum absolute atomic E-state index is 14.0. The molecule has 3 heterocycles. The molecule has 0 aromatic heterocycles. The number of hydrogen-bond donors (Lipinski definition) is 6. The highest BCUT2D eigenvalue weighted by molar-refractivity contribution is 5.81. The molecule has 0 spiro atoms. The quantitative estimate of drug-likeness (QED) is 0.0289. The summed E-state index contributed by atoms with van der Waals surface area (Å²) in [5.41, 5.74) is 0. The monoisotopic (exact) mass is 1300 g/mol. The van der Waals surface area contributed by atoms with Gasteiger partial charge in [-0.15, -0.1) is 0 Å². The molecule has 0 aromatic carbocycles. The van der Waals surface area contributed by atoms with Crippen LogP contribution in [0.1, 0.15) is 173 Å². The number of nitrogens with zero attached hydrogens (tertiary/aromatic N) is 2. The lowest BCUT2D eigenvalue weighted by atomic mass is 9.82. The second-order valence-electron chi connectivity index (χ2n) is 24.7. The van der Waals surface area contributed by atoms with Gasteiger partial charge in [-0.2, -0.15) is 0 Å². The molecule has 27 nitrogen and oxygen atoms in total. The Bertz CT molecular complexity index is 2280. The van der Waals surface area contributed by atoms with E-state index in [4.69, 9.17) is 42.6 Å². The van der Waals surface area contributed by atoms with Crippen molar-refractivity contribution in [3.63, 3.8) is 0 Å². The van der Waals surface area contributed by atoms with Gasteiger partial charge in [0, 0.05) is 120 Å². The van der Waals surface area contributed by atoms with Crippen molar-refractivity contribution in [1.82, 2.24) is 36.4 Å². The molecule has 3 fully saturated rings. The molecule has 0 aromatic rings. The van der Waals surface area contributed by atoms with Crippen LogP contribution in [0.4, 0.5) is 0 Å². The summed E-state index contributed by atoms with van der Waals surface area (Å²) in [7, 11) is 0. The minimum absolute atomic E-state index is 0.0350. The van der Waals surface area contributed by atoms with Gasteiger partial charge in [0.15, 0.2) is 18.9 Å². The fraction of sp³-hybridized carbons (Fsp3) is 0.844. The van der Waals surface area contributed by atoms with Gasteiger partial charge in [-0.25, -0.2) is 0 Å². The van der Waals surface area contributed by atoms with Crippen LogP contribution in [-0.4, -0.2) is 214 Å². The molecule has 3 aliphatic heterocycles. The summed E-state index contributed by atoms with van der Waals surface area (Å²) < 4.78 is 52.6. The highest BCUT2D eigenvalue weighted by Crippen LogP contribution is 2.35. The second-order valence-corrected chi connectivity index (χ2v) is 24.7. The van der Waals surface area contributed by atoms with Crippen LogP contribution in [0, 0.1) is 35.5 Å². The van der Waals surface area contributed by atoms with E-state index in [-0.39, 0.29) is 169 Å². The molecule has 16 atom stereocenters. The molecule has 0 saturated carbocycles. The van der Waals surface area contributed by atoms with Gasteiger partial charge in [0.25, 0.3) is 5.91 Å². The smallest absolute Gasteiger partial charge is 0.302 e. The number of aliphatic hydroxyl groups excluding tert-OH is 1. The topological polar surface area (TPSA) is 341 Å². The summed E-state index contributed by atoms with van der Waals surface area (Å²) in [4.78, 5) is 128. The number of amides is 7. The molecule has 0 bridgehead atoms. The zero-order valence-corrected chi connectivity index (χ0v) is 56.5. The lowest BCUT2D eigenvalue weighted by Crippen LogP contribution is -2.58. The summed E-state index contributed by atoms with van der Waals surface area (Å²) in [6, 6.07) is -1.32. The van der Waals surface area contributed by atoms with E-state index in [9.17, 15) is 53.1 Å². The Kier molecular flexibility index (Phi) is 37.3. The van der Waals surface area contributed by atoms with Crippen LogP contribution in [-0.2, 0) is 90.6 Å². The molecule has 6 N–H and O–H groups in total. The van der Waals surface area contributed by atoms with Crippen molar-refractivity contribution < 1.29 is 95.7 Å². The summed E-state index contributed by atoms with van der Waals surface area (Å²) in [5, 5.41) is 25.3. The van der Waals surface area contributed by atoms with Crippen LogP contribution in [0.3, 0.4) is 0 Å². The Morgan fingerprint density at radius 2 is 0.747 bits per heavy atom. The summed E-state index contributed by atoms with van der Waals surface area (Å²) in [6.07, 6.45) is 0.0551. The van der Waals surface area contributed by atoms with E-state index in [0.717, 1.165) is 0 Å². The van der Waals surface area contributed by atoms with E-state index < -0.39 is 85.2 Å². The third-order valence-electron chi connectivity index (χ3n) is 17.5. The van der Waals surface area contributed by atoms with Crippen LogP contribution < -0.4 is 26.6 Å². The molecule has 3 aliphatic rings. The van der Waals surface area contributed by atoms with E-state index in [0.29, 0.717) is 64.3 Å². The Morgan fingerprint density at radius 1 is 0.429 bits per heavy atom. The van der Waals surface area contributed by atoms with Crippen molar-refractivity contribution in [2.24, 2.45) is 35.5 Å². The molecular formula is C64H111N7O20. The van der Waals surface area contributed by atoms with Gasteiger partial charge >= 0.3 is 17.9 Å². The Hall–Kier alpha value is -5.58. The van der Waals surface area contributed by atoms with Crippen molar-refractivity contribution in [2.75, 3.05) is 78.9 Å². The Balaban J connectivity index is 1.57. The molecule has 16 unspecified atom stereocenters. The van der Waals surface area contributed by atoms with E-state index in [2.05, 4.69) is 26.6 Å². The number of nitrogens with one attached hydrogen (secondary N) is 5. The molecule has 0 aliphatic carbocycles. The van der Waals surface area contributed by atoms with Crippen molar-refractivity contribution in [1.29, 1.82) is 0 Å². The first-order chi connectivity index (χ1) is 43.1. The lowest BCUT2D eigenvalue weighted by Gasteiger charge is -2.44. The number of rotatable bonds is 41. The Morgan fingerprint density at radius 3 is 1.08 bits per heavy atom. The van der Waals surface area contributed by atoms with Gasteiger partial charge in [-0.3, -0.25) is 47.9 Å². The van der Waals surface area contributed by atoms with Crippen molar-refractivity contribution in [3.8, 4) is 0 Å². The van der Waals surface area contributed by atoms with Gasteiger partial charge < -0.3 is 84.1 Å². The summed E-state index contributed by atoms with van der Waals surface area (Å²) in [5.74, 6) is -3.25. The fourth-order valence-electron chi connectivity index (χ4n) is 11.4. The SMILES string of the molecule is CCC(O)C(=O)N(CCCNC(=O)CCCCOC1OC(COC(C)=O)C(C)C(C)C1NC(C)=O)CCCN(CCCNC(=O)CCCCOC1OC(COC(C)=O)C(C)C(C)C1NC(C)=O)C(=O)CCCCOC1OC(COC(C)=O)C(C)C(C)C1NC(C)=O. The molecule has 0 radical (unpaired) electrons.